The van der Waals surface area contributed by atoms with Gasteiger partial charge in [-0.25, -0.2) is 4.39 Å². The summed E-state index contributed by atoms with van der Waals surface area (Å²) < 4.78 is 12.9. The van der Waals surface area contributed by atoms with Gasteiger partial charge in [-0.1, -0.05) is 6.07 Å². The lowest BCUT2D eigenvalue weighted by molar-refractivity contribution is -0.114. The van der Waals surface area contributed by atoms with Gasteiger partial charge in [-0.2, -0.15) is 0 Å². The molecule has 1 amide bonds. The van der Waals surface area contributed by atoms with Crippen LogP contribution < -0.4 is 5.32 Å². The van der Waals surface area contributed by atoms with Crippen LogP contribution in [0.3, 0.4) is 0 Å². The average molecular weight is 167 g/mol. The Bertz CT molecular complexity index is 309. The number of amides is 1. The van der Waals surface area contributed by atoms with E-state index in [4.69, 9.17) is 0 Å². The van der Waals surface area contributed by atoms with Crippen molar-refractivity contribution < 1.29 is 9.18 Å². The van der Waals surface area contributed by atoms with Gasteiger partial charge >= 0.3 is 0 Å². The molecule has 0 aliphatic heterocycles. The molecule has 1 aromatic carbocycles. The summed E-state index contributed by atoms with van der Waals surface area (Å²) in [6.07, 6.45) is 0. The highest BCUT2D eigenvalue weighted by Gasteiger charge is 2.02. The van der Waals surface area contributed by atoms with Crippen LogP contribution in [0.5, 0.6) is 0 Å². The molecule has 0 spiro atoms. The Morgan fingerprint density at radius 2 is 2.17 bits per heavy atom. The molecule has 12 heavy (non-hydrogen) atoms. The van der Waals surface area contributed by atoms with Crippen LogP contribution in [0.25, 0.3) is 0 Å². The third kappa shape index (κ3) is 2.05. The third-order valence-corrected chi connectivity index (χ3v) is 1.43. The van der Waals surface area contributed by atoms with Crippen molar-refractivity contribution in [3.63, 3.8) is 0 Å². The zero-order valence-corrected chi connectivity index (χ0v) is 7.02. The van der Waals surface area contributed by atoms with Crippen molar-refractivity contribution in [1.29, 1.82) is 0 Å². The van der Waals surface area contributed by atoms with Gasteiger partial charge < -0.3 is 5.32 Å². The standard InChI is InChI=1S/C9H10FNO/c1-6-3-4-8(10)9(5-6)11-7(2)12/h3-5H,1-2H3,(H,11,12). The van der Waals surface area contributed by atoms with Crippen LogP contribution >= 0.6 is 0 Å². The van der Waals surface area contributed by atoms with Crippen molar-refractivity contribution in [3.8, 4) is 0 Å². The molecule has 0 aliphatic rings. The first-order valence-corrected chi connectivity index (χ1v) is 3.63. The molecule has 0 saturated carbocycles. The van der Waals surface area contributed by atoms with Crippen LogP contribution in [0.2, 0.25) is 0 Å². The van der Waals surface area contributed by atoms with E-state index in [1.54, 1.807) is 12.1 Å². The number of aryl methyl sites for hydroxylation is 1. The Morgan fingerprint density at radius 3 is 2.75 bits per heavy atom. The molecule has 0 heterocycles. The molecule has 1 N–H and O–H groups in total. The van der Waals surface area contributed by atoms with Crippen LogP contribution in [-0.2, 0) is 4.79 Å². The number of anilines is 1. The first kappa shape index (κ1) is 8.71. The van der Waals surface area contributed by atoms with E-state index in [1.165, 1.54) is 13.0 Å². The summed E-state index contributed by atoms with van der Waals surface area (Å²) in [6, 6.07) is 4.58. The zero-order chi connectivity index (χ0) is 9.14. The molecule has 0 saturated heterocycles. The Kier molecular flexibility index (Phi) is 2.43. The van der Waals surface area contributed by atoms with E-state index in [1.807, 2.05) is 6.92 Å². The number of nitrogens with one attached hydrogen (secondary N) is 1. The maximum absolute atomic E-state index is 12.9. The second kappa shape index (κ2) is 3.34. The molecule has 1 rings (SSSR count). The van der Waals surface area contributed by atoms with Crippen molar-refractivity contribution >= 4 is 11.6 Å². The van der Waals surface area contributed by atoms with E-state index < -0.39 is 5.82 Å². The summed E-state index contributed by atoms with van der Waals surface area (Å²) in [5.41, 5.74) is 1.16. The Labute approximate surface area is 70.4 Å². The highest BCUT2D eigenvalue weighted by Crippen LogP contribution is 2.14. The number of hydrogen-bond acceptors (Lipinski definition) is 1. The minimum atomic E-state index is -0.407. The number of benzene rings is 1. The molecule has 0 unspecified atom stereocenters. The Hall–Kier alpha value is -1.38. The van der Waals surface area contributed by atoms with Gasteiger partial charge in [0.05, 0.1) is 5.69 Å². The van der Waals surface area contributed by atoms with Crippen LogP contribution in [0.4, 0.5) is 10.1 Å². The predicted octanol–water partition coefficient (Wildman–Crippen LogP) is 2.09. The van der Waals surface area contributed by atoms with E-state index in [0.29, 0.717) is 0 Å². The second-order valence-electron chi connectivity index (χ2n) is 2.66. The minimum Gasteiger partial charge on any atom is -0.324 e. The first-order valence-electron chi connectivity index (χ1n) is 3.63. The minimum absolute atomic E-state index is 0.238. The number of rotatable bonds is 1. The summed E-state index contributed by atoms with van der Waals surface area (Å²) >= 11 is 0. The summed E-state index contributed by atoms with van der Waals surface area (Å²) in [5, 5.41) is 2.40. The Balaban J connectivity index is 2.97. The molecule has 3 heteroatoms. The normalized spacial score (nSPS) is 9.58. The fourth-order valence-corrected chi connectivity index (χ4v) is 0.925. The fourth-order valence-electron chi connectivity index (χ4n) is 0.925. The van der Waals surface area contributed by atoms with Crippen LogP contribution in [-0.4, -0.2) is 5.91 Å². The topological polar surface area (TPSA) is 29.1 Å². The van der Waals surface area contributed by atoms with Crippen LogP contribution in [0.15, 0.2) is 18.2 Å². The molecule has 0 aromatic heterocycles. The lowest BCUT2D eigenvalue weighted by Crippen LogP contribution is -2.07. The molecule has 1 aromatic rings. The molecule has 0 bridgehead atoms. The summed E-state index contributed by atoms with van der Waals surface area (Å²) in [6.45, 7) is 3.19. The van der Waals surface area contributed by atoms with Gasteiger partial charge in [0.1, 0.15) is 5.82 Å². The van der Waals surface area contributed by atoms with Gasteiger partial charge in [0, 0.05) is 6.92 Å². The molecule has 2 nitrogen and oxygen atoms in total. The Morgan fingerprint density at radius 1 is 1.50 bits per heavy atom. The van der Waals surface area contributed by atoms with Gasteiger partial charge in [-0.3, -0.25) is 4.79 Å². The lowest BCUT2D eigenvalue weighted by Gasteiger charge is -2.03. The van der Waals surface area contributed by atoms with Crippen LogP contribution in [0.1, 0.15) is 12.5 Å². The molecule has 0 atom stereocenters. The largest absolute Gasteiger partial charge is 0.324 e. The molecular formula is C9H10FNO. The first-order chi connectivity index (χ1) is 5.59. The zero-order valence-electron chi connectivity index (χ0n) is 7.02. The van der Waals surface area contributed by atoms with Crippen LogP contribution in [0, 0.1) is 12.7 Å². The number of hydrogen-bond donors (Lipinski definition) is 1. The fraction of sp³-hybridized carbons (Fsp3) is 0.222. The monoisotopic (exact) mass is 167 g/mol. The third-order valence-electron chi connectivity index (χ3n) is 1.43. The van der Waals surface area contributed by atoms with Crippen molar-refractivity contribution in [3.05, 3.63) is 29.6 Å². The van der Waals surface area contributed by atoms with Crippen molar-refractivity contribution in [2.75, 3.05) is 5.32 Å². The van der Waals surface area contributed by atoms with E-state index >= 15 is 0 Å². The van der Waals surface area contributed by atoms with E-state index in [0.717, 1.165) is 5.56 Å². The molecule has 64 valence electrons. The number of halogens is 1. The molecule has 0 radical (unpaired) electrons. The molecular weight excluding hydrogens is 157 g/mol. The molecule has 0 aliphatic carbocycles. The van der Waals surface area contributed by atoms with E-state index in [2.05, 4.69) is 5.32 Å². The lowest BCUT2D eigenvalue weighted by atomic mass is 10.2. The maximum Gasteiger partial charge on any atom is 0.221 e. The SMILES string of the molecule is CC(=O)Nc1cc(C)ccc1F. The van der Waals surface area contributed by atoms with E-state index in [9.17, 15) is 9.18 Å². The second-order valence-corrected chi connectivity index (χ2v) is 2.66. The summed E-state index contributed by atoms with van der Waals surface area (Å²) in [4.78, 5) is 10.6. The number of carbonyl (C=O) groups excluding carboxylic acids is 1. The highest BCUT2D eigenvalue weighted by atomic mass is 19.1. The van der Waals surface area contributed by atoms with Gasteiger partial charge in [0.2, 0.25) is 5.91 Å². The highest BCUT2D eigenvalue weighted by molar-refractivity contribution is 5.88. The van der Waals surface area contributed by atoms with E-state index in [-0.39, 0.29) is 11.6 Å². The molecule has 0 fully saturated rings. The van der Waals surface area contributed by atoms with Gasteiger partial charge in [-0.15, -0.1) is 0 Å². The van der Waals surface area contributed by atoms with Gasteiger partial charge in [0.15, 0.2) is 0 Å². The average Bonchev–Trinajstić information content (AvgIpc) is 1.96. The summed E-state index contributed by atoms with van der Waals surface area (Å²) in [7, 11) is 0. The maximum atomic E-state index is 12.9. The van der Waals surface area contributed by atoms with Crippen molar-refractivity contribution in [2.24, 2.45) is 0 Å². The van der Waals surface area contributed by atoms with Crippen molar-refractivity contribution in [2.45, 2.75) is 13.8 Å². The smallest absolute Gasteiger partial charge is 0.221 e. The quantitative estimate of drug-likeness (QED) is 0.681. The predicted molar refractivity (Wildman–Crippen MR) is 45.4 cm³/mol. The van der Waals surface area contributed by atoms with Gasteiger partial charge in [0.25, 0.3) is 0 Å². The van der Waals surface area contributed by atoms with Gasteiger partial charge in [-0.05, 0) is 24.6 Å². The number of carbonyl (C=O) groups is 1. The summed E-state index contributed by atoms with van der Waals surface area (Å²) in [5.74, 6) is -0.671. The van der Waals surface area contributed by atoms with Crippen molar-refractivity contribution in [1.82, 2.24) is 0 Å².